The van der Waals surface area contributed by atoms with Crippen molar-refractivity contribution in [2.24, 2.45) is 0 Å². The Kier molecular flexibility index (Phi) is 9.45. The van der Waals surface area contributed by atoms with Crippen LogP contribution in [0.4, 0.5) is 13.2 Å². The molecule has 0 bridgehead atoms. The number of ether oxygens (including phenoxy) is 1. The number of piperidine rings is 1. The first-order valence-electron chi connectivity index (χ1n) is 13.0. The molecule has 38 heavy (non-hydrogen) atoms. The highest BCUT2D eigenvalue weighted by molar-refractivity contribution is 7.89. The molecule has 1 unspecified atom stereocenters. The first-order chi connectivity index (χ1) is 18.2. The number of carbonyl (C=O) groups is 1. The number of amides is 1. The summed E-state index contributed by atoms with van der Waals surface area (Å²) in [5.74, 6) is -0.167. The standard InChI is InChI=1S/C27H34F3N3O4S/c28-27(29,30)24-12-4-5-13-25(24)38(35,36)33-16-7-6-11-23(33)20-37-21-26(34)32-15-8-14-31(17-18-32)19-22-9-2-1-3-10-22/h1-5,9-10,12-13,23H,6-8,11,14-21H2. The van der Waals surface area contributed by atoms with Crippen LogP contribution in [0.3, 0.4) is 0 Å². The minimum absolute atomic E-state index is 0.0485. The van der Waals surface area contributed by atoms with Gasteiger partial charge in [0.2, 0.25) is 15.9 Å². The Bertz CT molecular complexity index is 1180. The van der Waals surface area contributed by atoms with Gasteiger partial charge in [0.25, 0.3) is 0 Å². The number of carbonyl (C=O) groups excluding carboxylic acids is 1. The van der Waals surface area contributed by atoms with Crippen molar-refractivity contribution in [2.45, 2.75) is 49.3 Å². The van der Waals surface area contributed by atoms with Crippen molar-refractivity contribution in [3.8, 4) is 0 Å². The van der Waals surface area contributed by atoms with Crippen LogP contribution in [-0.4, -0.2) is 80.4 Å². The molecule has 0 saturated carbocycles. The van der Waals surface area contributed by atoms with Gasteiger partial charge in [-0.3, -0.25) is 9.69 Å². The Morgan fingerprint density at radius 3 is 2.39 bits per heavy atom. The highest BCUT2D eigenvalue weighted by Gasteiger charge is 2.41. The first-order valence-corrected chi connectivity index (χ1v) is 14.4. The lowest BCUT2D eigenvalue weighted by Gasteiger charge is -2.35. The van der Waals surface area contributed by atoms with Crippen LogP contribution in [-0.2, 0) is 32.3 Å². The lowest BCUT2D eigenvalue weighted by Crippen LogP contribution is -2.47. The van der Waals surface area contributed by atoms with Crippen LogP contribution in [0, 0.1) is 0 Å². The van der Waals surface area contributed by atoms with E-state index in [1.54, 1.807) is 4.90 Å². The molecule has 2 aromatic carbocycles. The second-order valence-electron chi connectivity index (χ2n) is 9.77. The van der Waals surface area contributed by atoms with E-state index in [9.17, 15) is 26.4 Å². The number of sulfonamides is 1. The number of hydrogen-bond acceptors (Lipinski definition) is 5. The molecular formula is C27H34F3N3O4S. The van der Waals surface area contributed by atoms with E-state index >= 15 is 0 Å². The normalized spacial score (nSPS) is 20.3. The van der Waals surface area contributed by atoms with E-state index in [2.05, 4.69) is 17.0 Å². The number of alkyl halides is 3. The Labute approximate surface area is 222 Å². The van der Waals surface area contributed by atoms with E-state index in [0.717, 1.165) is 48.9 Å². The molecule has 1 amide bonds. The fourth-order valence-electron chi connectivity index (χ4n) is 5.10. The molecular weight excluding hydrogens is 519 g/mol. The lowest BCUT2D eigenvalue weighted by atomic mass is 10.1. The summed E-state index contributed by atoms with van der Waals surface area (Å²) in [7, 11) is -4.40. The van der Waals surface area contributed by atoms with Crippen LogP contribution in [0.25, 0.3) is 0 Å². The van der Waals surface area contributed by atoms with Crippen LogP contribution in [0.2, 0.25) is 0 Å². The summed E-state index contributed by atoms with van der Waals surface area (Å²) >= 11 is 0. The van der Waals surface area contributed by atoms with Gasteiger partial charge in [-0.2, -0.15) is 17.5 Å². The third kappa shape index (κ3) is 7.13. The number of hydrogen-bond donors (Lipinski definition) is 0. The summed E-state index contributed by atoms with van der Waals surface area (Å²) in [6.07, 6.45) is -2.21. The average Bonchev–Trinajstić information content (AvgIpc) is 3.14. The van der Waals surface area contributed by atoms with E-state index in [-0.39, 0.29) is 25.7 Å². The lowest BCUT2D eigenvalue weighted by molar-refractivity contribution is -0.140. The number of nitrogens with zero attached hydrogens (tertiary/aromatic N) is 3. The third-order valence-corrected chi connectivity index (χ3v) is 9.09. The second kappa shape index (κ2) is 12.6. The molecule has 4 rings (SSSR count). The van der Waals surface area contributed by atoms with Crippen molar-refractivity contribution >= 4 is 15.9 Å². The van der Waals surface area contributed by atoms with E-state index < -0.39 is 32.7 Å². The maximum absolute atomic E-state index is 13.5. The summed E-state index contributed by atoms with van der Waals surface area (Å²) in [5.41, 5.74) is 0.0448. The zero-order valence-electron chi connectivity index (χ0n) is 21.3. The summed E-state index contributed by atoms with van der Waals surface area (Å²) in [6, 6.07) is 13.8. The SMILES string of the molecule is O=C(COCC1CCCCN1S(=O)(=O)c1ccccc1C(F)(F)F)N1CCCN(Cc2ccccc2)CC1. The molecule has 0 aliphatic carbocycles. The summed E-state index contributed by atoms with van der Waals surface area (Å²) in [4.78, 5) is 16.2. The zero-order chi connectivity index (χ0) is 27.2. The van der Waals surface area contributed by atoms with E-state index in [1.807, 2.05) is 18.2 Å². The smallest absolute Gasteiger partial charge is 0.370 e. The van der Waals surface area contributed by atoms with Gasteiger partial charge in [0.05, 0.1) is 17.1 Å². The van der Waals surface area contributed by atoms with Gasteiger partial charge >= 0.3 is 6.18 Å². The largest absolute Gasteiger partial charge is 0.417 e. The molecule has 2 fully saturated rings. The average molecular weight is 554 g/mol. The molecule has 11 heteroatoms. The number of rotatable bonds is 8. The van der Waals surface area contributed by atoms with Gasteiger partial charge in [-0.15, -0.1) is 0 Å². The molecule has 0 spiro atoms. The van der Waals surface area contributed by atoms with Gasteiger partial charge in [0.1, 0.15) is 6.61 Å². The van der Waals surface area contributed by atoms with Gasteiger partial charge in [-0.25, -0.2) is 8.42 Å². The molecule has 208 valence electrons. The Morgan fingerprint density at radius 2 is 1.63 bits per heavy atom. The Morgan fingerprint density at radius 1 is 0.895 bits per heavy atom. The maximum atomic E-state index is 13.5. The van der Waals surface area contributed by atoms with Crippen molar-refractivity contribution in [1.82, 2.24) is 14.1 Å². The molecule has 2 heterocycles. The summed E-state index contributed by atoms with van der Waals surface area (Å²) in [5, 5.41) is 0. The van der Waals surface area contributed by atoms with Crippen LogP contribution in [0.5, 0.6) is 0 Å². The van der Waals surface area contributed by atoms with Gasteiger partial charge in [-0.05, 0) is 37.0 Å². The molecule has 2 aliphatic rings. The number of halogens is 3. The minimum Gasteiger partial charge on any atom is -0.370 e. The maximum Gasteiger partial charge on any atom is 0.417 e. The fraction of sp³-hybridized carbons (Fsp3) is 0.519. The predicted octanol–water partition coefficient (Wildman–Crippen LogP) is 4.00. The highest BCUT2D eigenvalue weighted by atomic mass is 32.2. The predicted molar refractivity (Wildman–Crippen MR) is 137 cm³/mol. The van der Waals surface area contributed by atoms with E-state index in [0.29, 0.717) is 25.9 Å². The van der Waals surface area contributed by atoms with Crippen molar-refractivity contribution in [3.63, 3.8) is 0 Å². The Balaban J connectivity index is 1.33. The first kappa shape index (κ1) is 28.5. The van der Waals surface area contributed by atoms with Crippen molar-refractivity contribution in [2.75, 3.05) is 45.9 Å². The van der Waals surface area contributed by atoms with Gasteiger partial charge in [-0.1, -0.05) is 48.9 Å². The van der Waals surface area contributed by atoms with Crippen LogP contribution >= 0.6 is 0 Å². The minimum atomic E-state index is -4.79. The van der Waals surface area contributed by atoms with Gasteiger partial charge in [0, 0.05) is 45.3 Å². The van der Waals surface area contributed by atoms with Crippen molar-refractivity contribution in [3.05, 3.63) is 65.7 Å². The third-order valence-electron chi connectivity index (χ3n) is 7.08. The van der Waals surface area contributed by atoms with Crippen molar-refractivity contribution < 1.29 is 31.1 Å². The molecule has 0 radical (unpaired) electrons. The van der Waals surface area contributed by atoms with Gasteiger partial charge in [0.15, 0.2) is 0 Å². The molecule has 2 saturated heterocycles. The molecule has 0 N–H and O–H groups in total. The summed E-state index contributed by atoms with van der Waals surface area (Å²) < 4.78 is 73.9. The van der Waals surface area contributed by atoms with E-state index in [1.165, 1.54) is 17.7 Å². The number of benzene rings is 2. The topological polar surface area (TPSA) is 70.2 Å². The van der Waals surface area contributed by atoms with Gasteiger partial charge < -0.3 is 9.64 Å². The second-order valence-corrected chi connectivity index (χ2v) is 11.6. The summed E-state index contributed by atoms with van der Waals surface area (Å²) in [6.45, 7) is 3.51. The van der Waals surface area contributed by atoms with Crippen LogP contribution in [0.1, 0.15) is 36.8 Å². The molecule has 2 aromatic rings. The molecule has 7 nitrogen and oxygen atoms in total. The fourth-order valence-corrected chi connectivity index (χ4v) is 7.00. The van der Waals surface area contributed by atoms with E-state index in [4.69, 9.17) is 4.74 Å². The zero-order valence-corrected chi connectivity index (χ0v) is 22.1. The molecule has 2 aliphatic heterocycles. The molecule has 1 atom stereocenters. The highest BCUT2D eigenvalue weighted by Crippen LogP contribution is 2.36. The monoisotopic (exact) mass is 553 g/mol. The molecule has 0 aromatic heterocycles. The van der Waals surface area contributed by atoms with Crippen LogP contribution in [0.15, 0.2) is 59.5 Å². The quantitative estimate of drug-likeness (QED) is 0.495. The van der Waals surface area contributed by atoms with Crippen LogP contribution < -0.4 is 0 Å². The van der Waals surface area contributed by atoms with Crippen molar-refractivity contribution in [1.29, 1.82) is 0 Å². The Hall–Kier alpha value is -2.47.